The fourth-order valence-electron chi connectivity index (χ4n) is 1.39. The number of esters is 1. The van der Waals surface area contributed by atoms with E-state index in [1.54, 1.807) is 0 Å². The van der Waals surface area contributed by atoms with Gasteiger partial charge in [-0.3, -0.25) is 9.69 Å². The normalized spacial score (nSPS) is 19.0. The Morgan fingerprint density at radius 2 is 2.08 bits per heavy atom. The first kappa shape index (κ1) is 10.5. The minimum absolute atomic E-state index is 0.114. The lowest BCUT2D eigenvalue weighted by Crippen LogP contribution is -2.35. The summed E-state index contributed by atoms with van der Waals surface area (Å²) in [6.45, 7) is 2.30. The zero-order valence-corrected chi connectivity index (χ0v) is 8.38. The summed E-state index contributed by atoms with van der Waals surface area (Å²) in [5.74, 6) is -0.114. The van der Waals surface area contributed by atoms with Crippen molar-refractivity contribution in [3.8, 4) is 0 Å². The molecule has 1 rings (SSSR count). The molecule has 0 aromatic heterocycles. The van der Waals surface area contributed by atoms with Gasteiger partial charge in [0.2, 0.25) is 0 Å². The molecule has 0 atom stereocenters. The molecule has 1 N–H and O–H groups in total. The molecule has 1 heterocycles. The van der Waals surface area contributed by atoms with E-state index >= 15 is 0 Å². The van der Waals surface area contributed by atoms with E-state index in [0.29, 0.717) is 6.54 Å². The minimum Gasteiger partial charge on any atom is -0.461 e. The number of nitrogens with zero attached hydrogens (tertiary/aromatic N) is 1. The van der Waals surface area contributed by atoms with Crippen molar-refractivity contribution >= 4 is 5.97 Å². The highest BCUT2D eigenvalue weighted by molar-refractivity contribution is 5.71. The van der Waals surface area contributed by atoms with Crippen LogP contribution in [0.3, 0.4) is 0 Å². The minimum atomic E-state index is -0.114. The highest BCUT2D eigenvalue weighted by Crippen LogP contribution is 2.07. The lowest BCUT2D eigenvalue weighted by atomic mass is 10.1. The third kappa shape index (κ3) is 4.24. The Kier molecular flexibility index (Phi) is 4.18. The van der Waals surface area contributed by atoms with Crippen LogP contribution in [-0.4, -0.2) is 50.7 Å². The molecular formula is C9H18N2O2. The van der Waals surface area contributed by atoms with E-state index in [0.717, 1.165) is 25.9 Å². The molecule has 0 saturated carbocycles. The molecule has 0 aliphatic carbocycles. The molecule has 76 valence electrons. The SMILES string of the molecule is CN(C)CC(=O)OC1CCNCC1. The summed E-state index contributed by atoms with van der Waals surface area (Å²) >= 11 is 0. The van der Waals surface area contributed by atoms with Gasteiger partial charge in [-0.15, -0.1) is 0 Å². The van der Waals surface area contributed by atoms with Gasteiger partial charge < -0.3 is 10.1 Å². The summed E-state index contributed by atoms with van der Waals surface area (Å²) < 4.78 is 5.28. The summed E-state index contributed by atoms with van der Waals surface area (Å²) in [6, 6.07) is 0. The average Bonchev–Trinajstić information content (AvgIpc) is 2.04. The summed E-state index contributed by atoms with van der Waals surface area (Å²) in [6.07, 6.45) is 2.02. The van der Waals surface area contributed by atoms with E-state index < -0.39 is 0 Å². The lowest BCUT2D eigenvalue weighted by molar-refractivity contribution is -0.150. The van der Waals surface area contributed by atoms with Crippen LogP contribution in [-0.2, 0) is 9.53 Å². The number of piperidine rings is 1. The zero-order chi connectivity index (χ0) is 9.68. The predicted molar refractivity (Wildman–Crippen MR) is 50.5 cm³/mol. The van der Waals surface area contributed by atoms with Gasteiger partial charge in [-0.25, -0.2) is 0 Å². The third-order valence-corrected chi connectivity index (χ3v) is 2.03. The standard InChI is InChI=1S/C9H18N2O2/c1-11(2)7-9(12)13-8-3-5-10-6-4-8/h8,10H,3-7H2,1-2H3. The van der Waals surface area contributed by atoms with E-state index in [4.69, 9.17) is 4.74 Å². The quantitative estimate of drug-likeness (QED) is 0.622. The maximum absolute atomic E-state index is 11.2. The van der Waals surface area contributed by atoms with Crippen LogP contribution < -0.4 is 5.32 Å². The fraction of sp³-hybridized carbons (Fsp3) is 0.889. The number of rotatable bonds is 3. The highest BCUT2D eigenvalue weighted by atomic mass is 16.5. The molecule has 0 bridgehead atoms. The molecule has 1 aliphatic heterocycles. The van der Waals surface area contributed by atoms with Gasteiger partial charge in [-0.05, 0) is 40.0 Å². The number of carbonyl (C=O) groups is 1. The van der Waals surface area contributed by atoms with Crippen LogP contribution in [0.25, 0.3) is 0 Å². The Bertz CT molecular complexity index is 165. The van der Waals surface area contributed by atoms with Crippen LogP contribution in [0, 0.1) is 0 Å². The van der Waals surface area contributed by atoms with E-state index in [1.807, 2.05) is 19.0 Å². The van der Waals surface area contributed by atoms with Gasteiger partial charge in [0.1, 0.15) is 6.10 Å². The van der Waals surface area contributed by atoms with Gasteiger partial charge in [-0.1, -0.05) is 0 Å². The van der Waals surface area contributed by atoms with Gasteiger partial charge in [-0.2, -0.15) is 0 Å². The third-order valence-electron chi connectivity index (χ3n) is 2.03. The molecule has 1 fully saturated rings. The molecular weight excluding hydrogens is 168 g/mol. The van der Waals surface area contributed by atoms with Crippen LogP contribution in [0.15, 0.2) is 0 Å². The number of likely N-dealkylation sites (N-methyl/N-ethyl adjacent to an activating group) is 1. The average molecular weight is 186 g/mol. The Morgan fingerprint density at radius 3 is 2.62 bits per heavy atom. The van der Waals surface area contributed by atoms with Gasteiger partial charge >= 0.3 is 5.97 Å². The molecule has 4 heteroatoms. The first-order valence-electron chi connectivity index (χ1n) is 4.73. The predicted octanol–water partition coefficient (Wildman–Crippen LogP) is -0.157. The summed E-state index contributed by atoms with van der Waals surface area (Å²) in [7, 11) is 3.73. The molecule has 1 saturated heterocycles. The molecule has 4 nitrogen and oxygen atoms in total. The van der Waals surface area contributed by atoms with Crippen molar-refractivity contribution in [2.24, 2.45) is 0 Å². The molecule has 13 heavy (non-hydrogen) atoms. The Morgan fingerprint density at radius 1 is 1.46 bits per heavy atom. The van der Waals surface area contributed by atoms with E-state index in [2.05, 4.69) is 5.32 Å². The molecule has 0 aromatic rings. The highest BCUT2D eigenvalue weighted by Gasteiger charge is 2.17. The van der Waals surface area contributed by atoms with Crippen LogP contribution in [0.4, 0.5) is 0 Å². The van der Waals surface area contributed by atoms with Crippen molar-refractivity contribution in [3.05, 3.63) is 0 Å². The van der Waals surface area contributed by atoms with Crippen molar-refractivity contribution in [1.29, 1.82) is 0 Å². The zero-order valence-electron chi connectivity index (χ0n) is 8.38. The van der Waals surface area contributed by atoms with Gasteiger partial charge in [0.05, 0.1) is 6.54 Å². The summed E-state index contributed by atoms with van der Waals surface area (Å²) in [5, 5.41) is 3.23. The molecule has 0 unspecified atom stereocenters. The number of carbonyl (C=O) groups excluding carboxylic acids is 1. The molecule has 0 radical (unpaired) electrons. The second-order valence-electron chi connectivity index (χ2n) is 3.68. The maximum Gasteiger partial charge on any atom is 0.320 e. The Hall–Kier alpha value is -0.610. The van der Waals surface area contributed by atoms with Crippen LogP contribution >= 0.6 is 0 Å². The van der Waals surface area contributed by atoms with Crippen molar-refractivity contribution in [2.45, 2.75) is 18.9 Å². The monoisotopic (exact) mass is 186 g/mol. The van der Waals surface area contributed by atoms with Crippen molar-refractivity contribution < 1.29 is 9.53 Å². The second-order valence-corrected chi connectivity index (χ2v) is 3.68. The molecule has 0 spiro atoms. The first-order valence-corrected chi connectivity index (χ1v) is 4.73. The maximum atomic E-state index is 11.2. The van der Waals surface area contributed by atoms with Crippen molar-refractivity contribution in [2.75, 3.05) is 33.7 Å². The second kappa shape index (κ2) is 5.19. The molecule has 0 aromatic carbocycles. The van der Waals surface area contributed by atoms with E-state index in [1.165, 1.54) is 0 Å². The number of nitrogens with one attached hydrogen (secondary N) is 1. The van der Waals surface area contributed by atoms with E-state index in [9.17, 15) is 4.79 Å². The number of ether oxygens (including phenoxy) is 1. The van der Waals surface area contributed by atoms with Crippen LogP contribution in [0.2, 0.25) is 0 Å². The molecule has 0 amide bonds. The number of hydrogen-bond acceptors (Lipinski definition) is 4. The van der Waals surface area contributed by atoms with Gasteiger partial charge in [0.15, 0.2) is 0 Å². The van der Waals surface area contributed by atoms with Crippen LogP contribution in [0.5, 0.6) is 0 Å². The van der Waals surface area contributed by atoms with Crippen LogP contribution in [0.1, 0.15) is 12.8 Å². The topological polar surface area (TPSA) is 41.6 Å². The Labute approximate surface area is 79.2 Å². The van der Waals surface area contributed by atoms with Crippen molar-refractivity contribution in [1.82, 2.24) is 10.2 Å². The van der Waals surface area contributed by atoms with E-state index in [-0.39, 0.29) is 12.1 Å². The largest absolute Gasteiger partial charge is 0.461 e. The van der Waals surface area contributed by atoms with Gasteiger partial charge in [0, 0.05) is 0 Å². The summed E-state index contributed by atoms with van der Waals surface area (Å²) in [4.78, 5) is 13.1. The number of hydrogen-bond donors (Lipinski definition) is 1. The van der Waals surface area contributed by atoms with Gasteiger partial charge in [0.25, 0.3) is 0 Å². The fourth-order valence-corrected chi connectivity index (χ4v) is 1.39. The first-order chi connectivity index (χ1) is 6.18. The molecule has 1 aliphatic rings. The summed E-state index contributed by atoms with van der Waals surface area (Å²) in [5.41, 5.74) is 0. The van der Waals surface area contributed by atoms with Crippen molar-refractivity contribution in [3.63, 3.8) is 0 Å². The Balaban J connectivity index is 2.18. The lowest BCUT2D eigenvalue weighted by Gasteiger charge is -2.23. The smallest absolute Gasteiger partial charge is 0.320 e.